The number of nitrogens with one attached hydrogen (secondary N) is 1. The minimum atomic E-state index is -0.669. The molecule has 5 nitrogen and oxygen atoms in total. The SMILES string of the molecule is COc1ccc(C(O)CN=C(N)NC(C)CCCC(C)C)cc1. The quantitative estimate of drug-likeness (QED) is 0.482. The van der Waals surface area contributed by atoms with Crippen LogP contribution >= 0.6 is 0 Å². The molecule has 0 aromatic heterocycles. The molecular formula is C18H31N3O2. The van der Waals surface area contributed by atoms with Crippen LogP contribution in [0.15, 0.2) is 29.3 Å². The van der Waals surface area contributed by atoms with E-state index in [1.54, 1.807) is 7.11 Å². The highest BCUT2D eigenvalue weighted by Gasteiger charge is 2.08. The molecule has 0 spiro atoms. The highest BCUT2D eigenvalue weighted by molar-refractivity contribution is 5.78. The molecule has 1 aromatic rings. The Hall–Kier alpha value is -1.75. The lowest BCUT2D eigenvalue weighted by Crippen LogP contribution is -2.38. The molecule has 0 fully saturated rings. The van der Waals surface area contributed by atoms with Crippen molar-refractivity contribution >= 4 is 5.96 Å². The molecule has 0 aliphatic rings. The van der Waals surface area contributed by atoms with E-state index in [0.29, 0.717) is 5.96 Å². The van der Waals surface area contributed by atoms with E-state index >= 15 is 0 Å². The highest BCUT2D eigenvalue weighted by Crippen LogP contribution is 2.17. The normalized spacial score (nSPS) is 14.6. The van der Waals surface area contributed by atoms with E-state index in [9.17, 15) is 5.11 Å². The van der Waals surface area contributed by atoms with E-state index in [1.807, 2.05) is 24.3 Å². The van der Waals surface area contributed by atoms with Gasteiger partial charge in [-0.15, -0.1) is 0 Å². The minimum absolute atomic E-state index is 0.240. The smallest absolute Gasteiger partial charge is 0.188 e. The maximum absolute atomic E-state index is 10.1. The molecule has 4 N–H and O–H groups in total. The average molecular weight is 321 g/mol. The molecule has 5 heteroatoms. The van der Waals surface area contributed by atoms with Crippen molar-refractivity contribution in [2.24, 2.45) is 16.6 Å². The Labute approximate surface area is 140 Å². The van der Waals surface area contributed by atoms with E-state index in [4.69, 9.17) is 10.5 Å². The van der Waals surface area contributed by atoms with Gasteiger partial charge in [-0.1, -0.05) is 38.8 Å². The average Bonchev–Trinajstić information content (AvgIpc) is 2.52. The van der Waals surface area contributed by atoms with Crippen molar-refractivity contribution < 1.29 is 9.84 Å². The Morgan fingerprint density at radius 3 is 2.43 bits per heavy atom. The van der Waals surface area contributed by atoms with Crippen molar-refractivity contribution in [2.75, 3.05) is 13.7 Å². The molecule has 2 unspecified atom stereocenters. The van der Waals surface area contributed by atoms with Gasteiger partial charge in [0.1, 0.15) is 5.75 Å². The fourth-order valence-electron chi connectivity index (χ4n) is 2.32. The number of hydrogen-bond acceptors (Lipinski definition) is 3. The van der Waals surface area contributed by atoms with Gasteiger partial charge in [0.2, 0.25) is 0 Å². The third-order valence-corrected chi connectivity index (χ3v) is 3.75. The van der Waals surface area contributed by atoms with Crippen molar-refractivity contribution in [1.82, 2.24) is 5.32 Å². The minimum Gasteiger partial charge on any atom is -0.497 e. The second kappa shape index (κ2) is 10.1. The molecule has 0 radical (unpaired) electrons. The zero-order chi connectivity index (χ0) is 17.2. The molecule has 0 aliphatic heterocycles. The van der Waals surface area contributed by atoms with Gasteiger partial charge in [0.05, 0.1) is 19.8 Å². The first kappa shape index (κ1) is 19.3. The van der Waals surface area contributed by atoms with E-state index < -0.39 is 6.10 Å². The second-order valence-corrected chi connectivity index (χ2v) is 6.39. The summed E-state index contributed by atoms with van der Waals surface area (Å²) < 4.78 is 5.10. The maximum atomic E-state index is 10.1. The van der Waals surface area contributed by atoms with Crippen LogP contribution in [0.4, 0.5) is 0 Å². The monoisotopic (exact) mass is 321 g/mol. The van der Waals surface area contributed by atoms with E-state index in [2.05, 4.69) is 31.1 Å². The standard InChI is InChI=1S/C18H31N3O2/c1-13(2)6-5-7-14(3)21-18(19)20-12-17(22)15-8-10-16(23-4)11-9-15/h8-11,13-14,17,22H,5-7,12H2,1-4H3,(H3,19,20,21). The topological polar surface area (TPSA) is 79.9 Å². The zero-order valence-corrected chi connectivity index (χ0v) is 14.7. The summed E-state index contributed by atoms with van der Waals surface area (Å²) in [5, 5.41) is 13.3. The van der Waals surface area contributed by atoms with Gasteiger partial charge >= 0.3 is 0 Å². The Bertz CT molecular complexity index is 472. The summed E-state index contributed by atoms with van der Waals surface area (Å²) in [4.78, 5) is 4.23. The first-order chi connectivity index (χ1) is 10.9. The van der Waals surface area contributed by atoms with Crippen LogP contribution in [-0.2, 0) is 0 Å². The number of aliphatic hydroxyl groups is 1. The molecule has 0 saturated carbocycles. The van der Waals surface area contributed by atoms with Crippen LogP contribution in [0.2, 0.25) is 0 Å². The van der Waals surface area contributed by atoms with Gasteiger partial charge in [0.25, 0.3) is 0 Å². The highest BCUT2D eigenvalue weighted by atomic mass is 16.5. The van der Waals surface area contributed by atoms with Crippen LogP contribution < -0.4 is 15.8 Å². The summed E-state index contributed by atoms with van der Waals surface area (Å²) >= 11 is 0. The van der Waals surface area contributed by atoms with Gasteiger partial charge in [-0.25, -0.2) is 0 Å². The summed E-state index contributed by atoms with van der Waals surface area (Å²) in [6.07, 6.45) is 2.79. The Morgan fingerprint density at radius 1 is 1.22 bits per heavy atom. The molecule has 23 heavy (non-hydrogen) atoms. The zero-order valence-electron chi connectivity index (χ0n) is 14.7. The van der Waals surface area contributed by atoms with E-state index in [-0.39, 0.29) is 12.6 Å². The summed E-state index contributed by atoms with van der Waals surface area (Å²) in [6.45, 7) is 6.80. The number of methoxy groups -OCH3 is 1. The first-order valence-corrected chi connectivity index (χ1v) is 8.30. The predicted octanol–water partition coefficient (Wildman–Crippen LogP) is 2.85. The summed E-state index contributed by atoms with van der Waals surface area (Å²) in [6, 6.07) is 7.59. The molecule has 130 valence electrons. The molecule has 0 amide bonds. The van der Waals surface area contributed by atoms with Gasteiger partial charge < -0.3 is 20.9 Å². The van der Waals surface area contributed by atoms with Crippen molar-refractivity contribution in [3.8, 4) is 5.75 Å². The van der Waals surface area contributed by atoms with Crippen LogP contribution in [-0.4, -0.2) is 30.8 Å². The van der Waals surface area contributed by atoms with Crippen LogP contribution in [0, 0.1) is 5.92 Å². The third-order valence-electron chi connectivity index (χ3n) is 3.75. The fourth-order valence-corrected chi connectivity index (χ4v) is 2.32. The van der Waals surface area contributed by atoms with Crippen LogP contribution in [0.25, 0.3) is 0 Å². The Morgan fingerprint density at radius 2 is 1.87 bits per heavy atom. The molecule has 0 saturated heterocycles. The van der Waals surface area contributed by atoms with Gasteiger partial charge in [-0.05, 0) is 37.0 Å². The predicted molar refractivity (Wildman–Crippen MR) is 95.7 cm³/mol. The Balaban J connectivity index is 2.39. The molecule has 0 aliphatic carbocycles. The number of ether oxygens (including phenoxy) is 1. The number of hydrogen-bond donors (Lipinski definition) is 3. The first-order valence-electron chi connectivity index (χ1n) is 8.30. The van der Waals surface area contributed by atoms with Crippen LogP contribution in [0.5, 0.6) is 5.75 Å². The summed E-state index contributed by atoms with van der Waals surface area (Å²) in [5.41, 5.74) is 6.68. The number of aliphatic imine (C=N–C) groups is 1. The van der Waals surface area contributed by atoms with Crippen molar-refractivity contribution in [3.05, 3.63) is 29.8 Å². The fraction of sp³-hybridized carbons (Fsp3) is 0.611. The number of benzene rings is 1. The van der Waals surface area contributed by atoms with Crippen LogP contribution in [0.1, 0.15) is 51.7 Å². The molecule has 1 aromatic carbocycles. The number of nitrogens with zero attached hydrogens (tertiary/aromatic N) is 1. The van der Waals surface area contributed by atoms with Crippen molar-refractivity contribution in [3.63, 3.8) is 0 Å². The lowest BCUT2D eigenvalue weighted by molar-refractivity contribution is 0.187. The number of aliphatic hydroxyl groups excluding tert-OH is 1. The molecule has 0 heterocycles. The van der Waals surface area contributed by atoms with Gasteiger partial charge in [-0.2, -0.15) is 0 Å². The second-order valence-electron chi connectivity index (χ2n) is 6.39. The largest absolute Gasteiger partial charge is 0.497 e. The molecule has 1 rings (SSSR count). The lowest BCUT2D eigenvalue weighted by atomic mass is 10.0. The van der Waals surface area contributed by atoms with Crippen LogP contribution in [0.3, 0.4) is 0 Å². The molecule has 0 bridgehead atoms. The third kappa shape index (κ3) is 7.88. The lowest BCUT2D eigenvalue weighted by Gasteiger charge is -2.16. The van der Waals surface area contributed by atoms with Gasteiger partial charge in [-0.3, -0.25) is 4.99 Å². The maximum Gasteiger partial charge on any atom is 0.188 e. The number of guanidine groups is 1. The summed E-state index contributed by atoms with van der Waals surface area (Å²) in [5.74, 6) is 1.88. The summed E-state index contributed by atoms with van der Waals surface area (Å²) in [7, 11) is 1.62. The molecule has 2 atom stereocenters. The molecular weight excluding hydrogens is 290 g/mol. The number of nitrogens with two attached hydrogens (primary N) is 1. The van der Waals surface area contributed by atoms with Crippen molar-refractivity contribution in [1.29, 1.82) is 0 Å². The Kier molecular flexibility index (Phi) is 8.48. The van der Waals surface area contributed by atoms with Gasteiger partial charge in [0.15, 0.2) is 5.96 Å². The van der Waals surface area contributed by atoms with E-state index in [1.165, 1.54) is 12.8 Å². The van der Waals surface area contributed by atoms with E-state index in [0.717, 1.165) is 23.7 Å². The van der Waals surface area contributed by atoms with Crippen molar-refractivity contribution in [2.45, 2.75) is 52.2 Å². The number of rotatable bonds is 9. The van der Waals surface area contributed by atoms with Gasteiger partial charge in [0, 0.05) is 6.04 Å².